The molecule has 3 nitrogen and oxygen atoms in total. The maximum atomic E-state index is 10.4. The topological polar surface area (TPSA) is 35.5 Å². The first kappa shape index (κ1) is 12.5. The molecule has 0 heterocycles. The second-order valence-electron chi connectivity index (χ2n) is 3.31. The Morgan fingerprint density at radius 3 is 2.75 bits per heavy atom. The summed E-state index contributed by atoms with van der Waals surface area (Å²) in [5.41, 5.74) is 1.16. The maximum absolute atomic E-state index is 10.4. The Labute approximate surface area is 95.7 Å². The normalized spacial score (nSPS) is 10.6. The molecule has 16 heavy (non-hydrogen) atoms. The zero-order chi connectivity index (χ0) is 11.6. The molecule has 1 rings (SSSR count). The van der Waals surface area contributed by atoms with Crippen LogP contribution in [-0.4, -0.2) is 12.6 Å². The van der Waals surface area contributed by atoms with Crippen molar-refractivity contribution in [1.82, 2.24) is 0 Å². The van der Waals surface area contributed by atoms with Crippen LogP contribution in [0, 0.1) is 0 Å². The van der Waals surface area contributed by atoms with Crippen molar-refractivity contribution < 1.29 is 14.3 Å². The summed E-state index contributed by atoms with van der Waals surface area (Å²) in [5, 5.41) is 0. The minimum Gasteiger partial charge on any atom is -0.435 e. The van der Waals surface area contributed by atoms with Crippen molar-refractivity contribution in [3.63, 3.8) is 0 Å². The summed E-state index contributed by atoms with van der Waals surface area (Å²) >= 11 is 0. The molecule has 3 heteroatoms. The average molecular weight is 220 g/mol. The molecular formula is C13H16O3. The third kappa shape index (κ3) is 5.98. The van der Waals surface area contributed by atoms with Crippen LogP contribution in [0.2, 0.25) is 0 Å². The zero-order valence-electron chi connectivity index (χ0n) is 9.39. The predicted octanol–water partition coefficient (Wildman–Crippen LogP) is 2.67. The summed E-state index contributed by atoms with van der Waals surface area (Å²) in [6.45, 7) is 2.60. The number of carbonyl (C=O) groups excluding carboxylic acids is 1. The van der Waals surface area contributed by atoms with Gasteiger partial charge in [-0.3, -0.25) is 4.79 Å². The Kier molecular flexibility index (Phi) is 5.96. The molecule has 0 aliphatic carbocycles. The number of hydrogen-bond donors (Lipinski definition) is 0. The van der Waals surface area contributed by atoms with Gasteiger partial charge in [0.2, 0.25) is 0 Å². The van der Waals surface area contributed by atoms with E-state index in [4.69, 9.17) is 4.74 Å². The molecule has 0 aliphatic rings. The molecule has 0 saturated heterocycles. The molecule has 0 amide bonds. The minimum absolute atomic E-state index is 0.304. The van der Waals surface area contributed by atoms with E-state index in [1.807, 2.05) is 30.3 Å². The Morgan fingerprint density at radius 2 is 2.06 bits per heavy atom. The largest absolute Gasteiger partial charge is 0.435 e. The molecule has 0 radical (unpaired) electrons. The van der Waals surface area contributed by atoms with Gasteiger partial charge in [0.1, 0.15) is 0 Å². The van der Waals surface area contributed by atoms with E-state index in [1.54, 1.807) is 6.08 Å². The zero-order valence-corrected chi connectivity index (χ0v) is 9.39. The van der Waals surface area contributed by atoms with E-state index < -0.39 is 0 Å². The van der Waals surface area contributed by atoms with Crippen molar-refractivity contribution in [2.24, 2.45) is 0 Å². The van der Waals surface area contributed by atoms with Crippen LogP contribution in [0.5, 0.6) is 0 Å². The Balaban J connectivity index is 2.04. The fourth-order valence-electron chi connectivity index (χ4n) is 1.13. The quantitative estimate of drug-likeness (QED) is 0.420. The van der Waals surface area contributed by atoms with Crippen molar-refractivity contribution >= 4 is 5.97 Å². The van der Waals surface area contributed by atoms with Gasteiger partial charge in [-0.15, -0.1) is 0 Å². The highest BCUT2D eigenvalue weighted by atomic mass is 16.5. The fraction of sp³-hybridized carbons (Fsp3) is 0.308. The summed E-state index contributed by atoms with van der Waals surface area (Å²) in [7, 11) is 0. The van der Waals surface area contributed by atoms with Gasteiger partial charge in [-0.25, -0.2) is 0 Å². The van der Waals surface area contributed by atoms with E-state index in [0.717, 1.165) is 12.0 Å². The SMILES string of the molecule is CC(=O)OC=CCCOCc1ccccc1. The Morgan fingerprint density at radius 1 is 1.31 bits per heavy atom. The maximum Gasteiger partial charge on any atom is 0.307 e. The van der Waals surface area contributed by atoms with E-state index in [0.29, 0.717) is 13.2 Å². The first-order valence-corrected chi connectivity index (χ1v) is 5.23. The van der Waals surface area contributed by atoms with Crippen LogP contribution in [0.4, 0.5) is 0 Å². The number of rotatable bonds is 6. The molecule has 1 aromatic carbocycles. The lowest BCUT2D eigenvalue weighted by atomic mass is 10.2. The van der Waals surface area contributed by atoms with Crippen molar-refractivity contribution in [1.29, 1.82) is 0 Å². The molecule has 86 valence electrons. The summed E-state index contributed by atoms with van der Waals surface area (Å²) in [6.07, 6.45) is 3.90. The molecular weight excluding hydrogens is 204 g/mol. The predicted molar refractivity (Wildman–Crippen MR) is 61.6 cm³/mol. The van der Waals surface area contributed by atoms with Gasteiger partial charge in [0.05, 0.1) is 19.5 Å². The molecule has 0 bridgehead atoms. The van der Waals surface area contributed by atoms with Gasteiger partial charge >= 0.3 is 5.97 Å². The van der Waals surface area contributed by atoms with Crippen LogP contribution < -0.4 is 0 Å². The third-order valence-corrected chi connectivity index (χ3v) is 1.87. The van der Waals surface area contributed by atoms with E-state index in [1.165, 1.54) is 13.2 Å². The van der Waals surface area contributed by atoms with Crippen LogP contribution in [0.25, 0.3) is 0 Å². The molecule has 0 atom stereocenters. The number of benzene rings is 1. The molecule has 0 aliphatic heterocycles. The van der Waals surface area contributed by atoms with Crippen molar-refractivity contribution in [2.45, 2.75) is 20.0 Å². The summed E-state index contributed by atoms with van der Waals surface area (Å²) in [5.74, 6) is -0.304. The van der Waals surface area contributed by atoms with Gasteiger partial charge in [-0.05, 0) is 18.1 Å². The lowest BCUT2D eigenvalue weighted by Crippen LogP contribution is -1.94. The van der Waals surface area contributed by atoms with Crippen LogP contribution in [0.3, 0.4) is 0 Å². The highest BCUT2D eigenvalue weighted by Crippen LogP contribution is 2.00. The second-order valence-corrected chi connectivity index (χ2v) is 3.31. The first-order chi connectivity index (χ1) is 7.79. The number of ether oxygens (including phenoxy) is 2. The molecule has 0 aromatic heterocycles. The molecule has 1 aromatic rings. The highest BCUT2D eigenvalue weighted by Gasteiger charge is 1.90. The number of carbonyl (C=O) groups is 1. The third-order valence-electron chi connectivity index (χ3n) is 1.87. The van der Waals surface area contributed by atoms with E-state index in [-0.39, 0.29) is 5.97 Å². The molecule has 0 saturated carbocycles. The smallest absolute Gasteiger partial charge is 0.307 e. The molecule has 0 fully saturated rings. The molecule has 0 N–H and O–H groups in total. The van der Waals surface area contributed by atoms with Gasteiger partial charge in [0.15, 0.2) is 0 Å². The van der Waals surface area contributed by atoms with E-state index >= 15 is 0 Å². The van der Waals surface area contributed by atoms with E-state index in [2.05, 4.69) is 4.74 Å². The standard InChI is InChI=1S/C13H16O3/c1-12(14)16-10-6-5-9-15-11-13-7-3-2-4-8-13/h2-4,6-8,10H,5,9,11H2,1H3. The monoisotopic (exact) mass is 220 g/mol. The molecule has 0 unspecified atom stereocenters. The molecule has 0 spiro atoms. The van der Waals surface area contributed by atoms with Gasteiger partial charge in [0, 0.05) is 6.92 Å². The number of hydrogen-bond acceptors (Lipinski definition) is 3. The summed E-state index contributed by atoms with van der Waals surface area (Å²) in [6, 6.07) is 9.99. The van der Waals surface area contributed by atoms with Gasteiger partial charge in [-0.1, -0.05) is 30.3 Å². The summed E-state index contributed by atoms with van der Waals surface area (Å²) in [4.78, 5) is 10.4. The summed E-state index contributed by atoms with van der Waals surface area (Å²) < 4.78 is 10.1. The minimum atomic E-state index is -0.304. The van der Waals surface area contributed by atoms with Crippen LogP contribution in [-0.2, 0) is 20.9 Å². The van der Waals surface area contributed by atoms with Crippen LogP contribution >= 0.6 is 0 Å². The first-order valence-electron chi connectivity index (χ1n) is 5.23. The lowest BCUT2D eigenvalue weighted by Gasteiger charge is -2.01. The van der Waals surface area contributed by atoms with Gasteiger partial charge in [0.25, 0.3) is 0 Å². The van der Waals surface area contributed by atoms with Crippen LogP contribution in [0.1, 0.15) is 18.9 Å². The highest BCUT2D eigenvalue weighted by molar-refractivity contribution is 5.66. The van der Waals surface area contributed by atoms with Gasteiger partial charge < -0.3 is 9.47 Å². The fourth-order valence-corrected chi connectivity index (χ4v) is 1.13. The number of esters is 1. The van der Waals surface area contributed by atoms with Gasteiger partial charge in [-0.2, -0.15) is 0 Å². The van der Waals surface area contributed by atoms with Crippen molar-refractivity contribution in [3.05, 3.63) is 48.2 Å². The Hall–Kier alpha value is -1.61. The van der Waals surface area contributed by atoms with Crippen molar-refractivity contribution in [2.75, 3.05) is 6.61 Å². The van der Waals surface area contributed by atoms with Crippen LogP contribution in [0.15, 0.2) is 42.7 Å². The Bertz CT molecular complexity index is 330. The average Bonchev–Trinajstić information content (AvgIpc) is 2.29. The lowest BCUT2D eigenvalue weighted by molar-refractivity contribution is -0.135. The van der Waals surface area contributed by atoms with E-state index in [9.17, 15) is 4.79 Å². The second kappa shape index (κ2) is 7.65. The van der Waals surface area contributed by atoms with Crippen molar-refractivity contribution in [3.8, 4) is 0 Å².